The minimum absolute atomic E-state index is 0.0306. The zero-order valence-corrected chi connectivity index (χ0v) is 19.4. The molecule has 0 radical (unpaired) electrons. The van der Waals surface area contributed by atoms with Gasteiger partial charge in [-0.05, 0) is 50.6 Å². The van der Waals surface area contributed by atoms with Crippen LogP contribution in [0.15, 0.2) is 41.0 Å². The maximum absolute atomic E-state index is 12.4. The zero-order valence-electron chi connectivity index (χ0n) is 18.6. The molecule has 0 atom stereocenters. The molecule has 0 spiro atoms. The molecule has 0 bridgehead atoms. The van der Waals surface area contributed by atoms with Gasteiger partial charge in [-0.25, -0.2) is 14.6 Å². The molecule has 0 saturated carbocycles. The maximum Gasteiger partial charge on any atom is 0.363 e. The first kappa shape index (κ1) is 24.7. The van der Waals surface area contributed by atoms with Crippen molar-refractivity contribution in [3.05, 3.63) is 67.9 Å². The van der Waals surface area contributed by atoms with E-state index in [9.17, 15) is 19.7 Å². The number of nitrogens with zero attached hydrogens (tertiary/aromatic N) is 2. The van der Waals surface area contributed by atoms with E-state index in [0.717, 1.165) is 0 Å². The number of ether oxygens (including phenoxy) is 4. The summed E-state index contributed by atoms with van der Waals surface area (Å²) >= 11 is 6.34. The van der Waals surface area contributed by atoms with Crippen molar-refractivity contribution in [2.24, 2.45) is 4.99 Å². The smallest absolute Gasteiger partial charge is 0.363 e. The average Bonchev–Trinajstić information content (AvgIpc) is 3.13. The fourth-order valence-electron chi connectivity index (χ4n) is 3.04. The first-order chi connectivity index (χ1) is 16.2. The van der Waals surface area contributed by atoms with Crippen LogP contribution in [0.3, 0.4) is 0 Å². The van der Waals surface area contributed by atoms with Gasteiger partial charge in [-0.3, -0.25) is 10.1 Å². The first-order valence-electron chi connectivity index (χ1n) is 10.3. The van der Waals surface area contributed by atoms with Gasteiger partial charge in [-0.1, -0.05) is 17.7 Å². The number of hydrogen-bond acceptors (Lipinski definition) is 9. The van der Waals surface area contributed by atoms with Gasteiger partial charge in [0.25, 0.3) is 5.69 Å². The van der Waals surface area contributed by atoms with E-state index in [4.69, 9.17) is 30.5 Å². The van der Waals surface area contributed by atoms with Gasteiger partial charge >= 0.3 is 11.9 Å². The van der Waals surface area contributed by atoms with Gasteiger partial charge in [-0.2, -0.15) is 0 Å². The summed E-state index contributed by atoms with van der Waals surface area (Å²) in [6.45, 7) is 5.21. The maximum atomic E-state index is 12.4. The van der Waals surface area contributed by atoms with Crippen molar-refractivity contribution in [1.82, 2.24) is 0 Å². The van der Waals surface area contributed by atoms with Gasteiger partial charge in [-0.15, -0.1) is 0 Å². The van der Waals surface area contributed by atoms with Crippen LogP contribution in [0.2, 0.25) is 5.02 Å². The third-order valence-corrected chi connectivity index (χ3v) is 4.83. The number of benzene rings is 2. The molecule has 1 aliphatic rings. The van der Waals surface area contributed by atoms with Crippen LogP contribution in [-0.2, 0) is 19.1 Å². The Bertz CT molecular complexity index is 1210. The van der Waals surface area contributed by atoms with E-state index in [-0.39, 0.29) is 47.0 Å². The van der Waals surface area contributed by atoms with Crippen molar-refractivity contribution in [2.45, 2.75) is 20.8 Å². The van der Waals surface area contributed by atoms with Gasteiger partial charge in [0.2, 0.25) is 5.90 Å². The third-order valence-electron chi connectivity index (χ3n) is 4.55. The molecule has 0 amide bonds. The summed E-state index contributed by atoms with van der Waals surface area (Å²) in [5.41, 5.74) is 1.09. The van der Waals surface area contributed by atoms with Gasteiger partial charge in [0.15, 0.2) is 23.8 Å². The second-order valence-corrected chi connectivity index (χ2v) is 7.36. The predicted octanol–water partition coefficient (Wildman–Crippen LogP) is 4.24. The van der Waals surface area contributed by atoms with E-state index < -0.39 is 16.9 Å². The molecule has 0 N–H and O–H groups in total. The third kappa shape index (κ3) is 5.70. The predicted molar refractivity (Wildman–Crippen MR) is 123 cm³/mol. The Morgan fingerprint density at radius 1 is 1.21 bits per heavy atom. The minimum atomic E-state index is -0.727. The zero-order chi connectivity index (χ0) is 24.8. The molecule has 0 aliphatic carbocycles. The molecule has 0 aromatic heterocycles. The topological polar surface area (TPSA) is 127 Å². The number of aryl methyl sites for hydroxylation is 1. The largest absolute Gasteiger partial charge is 0.490 e. The standard InChI is InChI=1S/C23H21ClN2O8/c1-4-31-19-10-14(8-16(24)21(19)33-12-20(27)32-5-2)9-17-23(28)34-22(25-17)15-7-6-13(3)18(11-15)26(29)30/h6-11H,4-5,12H2,1-3H3/b17-9-. The van der Waals surface area contributed by atoms with Crippen molar-refractivity contribution >= 4 is 41.2 Å². The van der Waals surface area contributed by atoms with Crippen molar-refractivity contribution in [3.63, 3.8) is 0 Å². The lowest BCUT2D eigenvalue weighted by Gasteiger charge is -2.14. The Kier molecular flexibility index (Phi) is 7.85. The van der Waals surface area contributed by atoms with E-state index >= 15 is 0 Å². The van der Waals surface area contributed by atoms with E-state index in [1.54, 1.807) is 39.0 Å². The molecule has 0 fully saturated rings. The Balaban J connectivity index is 1.92. The van der Waals surface area contributed by atoms with Crippen molar-refractivity contribution in [2.75, 3.05) is 19.8 Å². The number of carbonyl (C=O) groups excluding carboxylic acids is 2. The van der Waals surface area contributed by atoms with E-state index in [1.165, 1.54) is 18.2 Å². The van der Waals surface area contributed by atoms with Gasteiger partial charge in [0.05, 0.1) is 23.2 Å². The van der Waals surface area contributed by atoms with Crippen molar-refractivity contribution in [1.29, 1.82) is 0 Å². The van der Waals surface area contributed by atoms with Gasteiger partial charge in [0.1, 0.15) is 0 Å². The van der Waals surface area contributed by atoms with Crippen LogP contribution in [0.1, 0.15) is 30.5 Å². The number of nitro groups is 1. The molecule has 178 valence electrons. The number of halogens is 1. The van der Waals surface area contributed by atoms with Crippen molar-refractivity contribution < 1.29 is 33.5 Å². The number of carbonyl (C=O) groups is 2. The molecule has 0 unspecified atom stereocenters. The highest BCUT2D eigenvalue weighted by Crippen LogP contribution is 2.37. The summed E-state index contributed by atoms with van der Waals surface area (Å²) in [6, 6.07) is 7.51. The van der Waals surface area contributed by atoms with Crippen LogP contribution in [0.5, 0.6) is 11.5 Å². The molecule has 3 rings (SSSR count). The second-order valence-electron chi connectivity index (χ2n) is 6.95. The molecule has 34 heavy (non-hydrogen) atoms. The lowest BCUT2D eigenvalue weighted by Crippen LogP contribution is -2.15. The number of aliphatic imine (C=N–C) groups is 1. The summed E-state index contributed by atoms with van der Waals surface area (Å²) in [5, 5.41) is 11.4. The molecule has 10 nitrogen and oxygen atoms in total. The number of nitro benzene ring substituents is 1. The summed E-state index contributed by atoms with van der Waals surface area (Å²) in [4.78, 5) is 38.8. The van der Waals surface area contributed by atoms with Crippen LogP contribution >= 0.6 is 11.6 Å². The molecular weight excluding hydrogens is 468 g/mol. The highest BCUT2D eigenvalue weighted by Gasteiger charge is 2.26. The first-order valence-corrected chi connectivity index (χ1v) is 10.6. The fraction of sp³-hybridized carbons (Fsp3) is 0.261. The number of esters is 2. The fourth-order valence-corrected chi connectivity index (χ4v) is 3.31. The highest BCUT2D eigenvalue weighted by atomic mass is 35.5. The number of hydrogen-bond donors (Lipinski definition) is 0. The number of rotatable bonds is 9. The lowest BCUT2D eigenvalue weighted by molar-refractivity contribution is -0.385. The van der Waals surface area contributed by atoms with Crippen LogP contribution in [0.25, 0.3) is 6.08 Å². The van der Waals surface area contributed by atoms with Gasteiger partial charge in [0, 0.05) is 17.2 Å². The summed E-state index contributed by atoms with van der Waals surface area (Å²) < 4.78 is 21.1. The van der Waals surface area contributed by atoms with Crippen molar-refractivity contribution in [3.8, 4) is 11.5 Å². The second kappa shape index (κ2) is 10.8. The van der Waals surface area contributed by atoms with Gasteiger partial charge < -0.3 is 18.9 Å². The molecule has 1 heterocycles. The molecular formula is C23H21ClN2O8. The van der Waals surface area contributed by atoms with E-state index in [1.807, 2.05) is 0 Å². The Morgan fingerprint density at radius 2 is 1.97 bits per heavy atom. The molecule has 0 saturated heterocycles. The molecule has 11 heteroatoms. The molecule has 2 aromatic carbocycles. The highest BCUT2D eigenvalue weighted by molar-refractivity contribution is 6.32. The SMILES string of the molecule is CCOC(=O)COc1c(Cl)cc(/C=C2\N=C(c3ccc(C)c([N+](=O)[O-])c3)OC2=O)cc1OCC. The molecule has 2 aromatic rings. The van der Waals surface area contributed by atoms with E-state index in [2.05, 4.69) is 4.99 Å². The van der Waals surface area contributed by atoms with Crippen LogP contribution in [-0.4, -0.2) is 42.6 Å². The lowest BCUT2D eigenvalue weighted by atomic mass is 10.1. The summed E-state index contributed by atoms with van der Waals surface area (Å²) in [6.07, 6.45) is 1.43. The van der Waals surface area contributed by atoms with E-state index in [0.29, 0.717) is 23.3 Å². The summed E-state index contributed by atoms with van der Waals surface area (Å²) in [5.74, 6) is -0.918. The molecule has 1 aliphatic heterocycles. The average molecular weight is 489 g/mol. The minimum Gasteiger partial charge on any atom is -0.490 e. The normalized spacial score (nSPS) is 13.9. The van der Waals surface area contributed by atoms with Crippen LogP contribution in [0.4, 0.5) is 5.69 Å². The Morgan fingerprint density at radius 3 is 2.65 bits per heavy atom. The number of cyclic esters (lactones) is 1. The summed E-state index contributed by atoms with van der Waals surface area (Å²) in [7, 11) is 0. The monoisotopic (exact) mass is 488 g/mol. The van der Waals surface area contributed by atoms with Crippen LogP contribution < -0.4 is 9.47 Å². The van der Waals surface area contributed by atoms with Crippen LogP contribution in [0, 0.1) is 17.0 Å². The Hall–Kier alpha value is -3.92. The Labute approximate surface area is 199 Å². The quantitative estimate of drug-likeness (QED) is 0.222.